The number of hydrogen-bond acceptors (Lipinski definition) is 7. The molecule has 4 rings (SSSR count). The highest BCUT2D eigenvalue weighted by Crippen LogP contribution is 2.25. The molecular weight excluding hydrogens is 430 g/mol. The van der Waals surface area contributed by atoms with Gasteiger partial charge in [0.25, 0.3) is 10.0 Å². The second-order valence-electron chi connectivity index (χ2n) is 6.54. The van der Waals surface area contributed by atoms with Crippen molar-refractivity contribution in [2.75, 3.05) is 31.0 Å². The van der Waals surface area contributed by atoms with E-state index in [-0.39, 0.29) is 22.9 Å². The SMILES string of the molecule is O=S(=O)(Nc1cccc(-c2cnco2)c1)c1ccc(S(=O)(=O)N2CCOCC2)cc1. The Balaban J connectivity index is 1.54. The van der Waals surface area contributed by atoms with Crippen LogP contribution in [-0.4, -0.2) is 52.4 Å². The minimum absolute atomic E-state index is 0.0377. The van der Waals surface area contributed by atoms with E-state index in [1.54, 1.807) is 24.3 Å². The third-order valence-electron chi connectivity index (χ3n) is 4.57. The first-order chi connectivity index (χ1) is 14.4. The molecule has 2 aromatic carbocycles. The van der Waals surface area contributed by atoms with Crippen LogP contribution in [0.2, 0.25) is 0 Å². The van der Waals surface area contributed by atoms with Gasteiger partial charge < -0.3 is 9.15 Å². The van der Waals surface area contributed by atoms with Gasteiger partial charge in [-0.1, -0.05) is 12.1 Å². The summed E-state index contributed by atoms with van der Waals surface area (Å²) in [7, 11) is -7.60. The molecule has 1 saturated heterocycles. The van der Waals surface area contributed by atoms with E-state index in [1.165, 1.54) is 41.2 Å². The first-order valence-corrected chi connectivity index (χ1v) is 12.0. The summed E-state index contributed by atoms with van der Waals surface area (Å²) in [5.41, 5.74) is 1.01. The molecule has 1 aliphatic rings. The molecule has 9 nitrogen and oxygen atoms in total. The molecule has 0 aliphatic carbocycles. The quantitative estimate of drug-likeness (QED) is 0.612. The lowest BCUT2D eigenvalue weighted by molar-refractivity contribution is 0.0730. The molecule has 158 valence electrons. The normalized spacial score (nSPS) is 15.7. The Morgan fingerprint density at radius 2 is 1.63 bits per heavy atom. The molecule has 0 bridgehead atoms. The van der Waals surface area contributed by atoms with Gasteiger partial charge in [0.1, 0.15) is 0 Å². The summed E-state index contributed by atoms with van der Waals surface area (Å²) in [4.78, 5) is 3.84. The molecule has 11 heteroatoms. The maximum absolute atomic E-state index is 12.7. The van der Waals surface area contributed by atoms with Crippen molar-refractivity contribution in [2.45, 2.75) is 9.79 Å². The molecule has 3 aromatic rings. The molecule has 2 heterocycles. The Morgan fingerprint density at radius 1 is 0.933 bits per heavy atom. The van der Waals surface area contributed by atoms with Crippen LogP contribution in [0.15, 0.2) is 75.3 Å². The lowest BCUT2D eigenvalue weighted by atomic mass is 10.2. The lowest BCUT2D eigenvalue weighted by Crippen LogP contribution is -2.40. The van der Waals surface area contributed by atoms with E-state index in [0.29, 0.717) is 30.2 Å². The standard InChI is InChI=1S/C19H19N3O6S2/c23-29(24,21-16-3-1-2-15(12-16)19-13-20-14-28-19)17-4-6-18(7-5-17)30(25,26)22-8-10-27-11-9-22/h1-7,12-14,21H,8-11H2. The Kier molecular flexibility index (Phi) is 5.60. The van der Waals surface area contributed by atoms with Crippen molar-refractivity contribution in [2.24, 2.45) is 0 Å². The molecule has 1 fully saturated rings. The molecule has 1 N–H and O–H groups in total. The van der Waals surface area contributed by atoms with Crippen LogP contribution in [0.4, 0.5) is 5.69 Å². The predicted molar refractivity (Wildman–Crippen MR) is 109 cm³/mol. The third kappa shape index (κ3) is 4.24. The lowest BCUT2D eigenvalue weighted by Gasteiger charge is -2.26. The van der Waals surface area contributed by atoms with E-state index in [4.69, 9.17) is 9.15 Å². The molecule has 0 atom stereocenters. The maximum atomic E-state index is 12.7. The Morgan fingerprint density at radius 3 is 2.30 bits per heavy atom. The fourth-order valence-electron chi connectivity index (χ4n) is 3.04. The van der Waals surface area contributed by atoms with Gasteiger partial charge in [-0.3, -0.25) is 4.72 Å². The summed E-state index contributed by atoms with van der Waals surface area (Å²) in [5, 5.41) is 0. The van der Waals surface area contributed by atoms with Gasteiger partial charge in [-0.05, 0) is 36.4 Å². The van der Waals surface area contributed by atoms with Crippen molar-refractivity contribution >= 4 is 25.7 Å². The number of benzene rings is 2. The first kappa shape index (κ1) is 20.5. The van der Waals surface area contributed by atoms with Crippen LogP contribution < -0.4 is 4.72 Å². The average molecular weight is 450 g/mol. The number of aromatic nitrogens is 1. The molecular formula is C19H19N3O6S2. The van der Waals surface area contributed by atoms with E-state index in [1.807, 2.05) is 0 Å². The number of nitrogens with zero attached hydrogens (tertiary/aromatic N) is 2. The zero-order valence-corrected chi connectivity index (χ0v) is 17.4. The highest BCUT2D eigenvalue weighted by Gasteiger charge is 2.26. The van der Waals surface area contributed by atoms with Crippen LogP contribution in [0.3, 0.4) is 0 Å². The summed E-state index contributed by atoms with van der Waals surface area (Å²) in [6.45, 7) is 1.21. The van der Waals surface area contributed by atoms with Crippen LogP contribution in [0.25, 0.3) is 11.3 Å². The zero-order chi connectivity index (χ0) is 21.2. The molecule has 1 aromatic heterocycles. The first-order valence-electron chi connectivity index (χ1n) is 9.06. The van der Waals surface area contributed by atoms with Gasteiger partial charge in [0.2, 0.25) is 10.0 Å². The number of hydrogen-bond donors (Lipinski definition) is 1. The summed E-state index contributed by atoms with van der Waals surface area (Å²) in [6, 6.07) is 11.8. The minimum atomic E-state index is -3.91. The van der Waals surface area contributed by atoms with E-state index in [2.05, 4.69) is 9.71 Å². The smallest absolute Gasteiger partial charge is 0.261 e. The second kappa shape index (κ2) is 8.19. The number of morpholine rings is 1. The van der Waals surface area contributed by atoms with Crippen molar-refractivity contribution in [3.8, 4) is 11.3 Å². The Hall–Kier alpha value is -2.73. The minimum Gasteiger partial charge on any atom is -0.444 e. The van der Waals surface area contributed by atoms with Crippen LogP contribution in [-0.2, 0) is 24.8 Å². The number of anilines is 1. The monoisotopic (exact) mass is 449 g/mol. The number of oxazole rings is 1. The van der Waals surface area contributed by atoms with Gasteiger partial charge in [0, 0.05) is 24.3 Å². The van der Waals surface area contributed by atoms with E-state index in [9.17, 15) is 16.8 Å². The number of rotatable bonds is 6. The second-order valence-corrected chi connectivity index (χ2v) is 10.2. The molecule has 0 spiro atoms. The van der Waals surface area contributed by atoms with Crippen molar-refractivity contribution < 1.29 is 26.0 Å². The van der Waals surface area contributed by atoms with Crippen LogP contribution in [0, 0.1) is 0 Å². The van der Waals surface area contributed by atoms with E-state index in [0.717, 1.165) is 0 Å². The predicted octanol–water partition coefficient (Wildman–Crippen LogP) is 2.16. The maximum Gasteiger partial charge on any atom is 0.261 e. The molecule has 0 amide bonds. The van der Waals surface area contributed by atoms with E-state index < -0.39 is 20.0 Å². The van der Waals surface area contributed by atoms with Crippen molar-refractivity contribution in [3.05, 3.63) is 61.1 Å². The number of nitrogens with one attached hydrogen (secondary N) is 1. The zero-order valence-electron chi connectivity index (χ0n) is 15.8. The van der Waals surface area contributed by atoms with E-state index >= 15 is 0 Å². The largest absolute Gasteiger partial charge is 0.444 e. The number of sulfonamides is 2. The molecule has 0 radical (unpaired) electrons. The van der Waals surface area contributed by atoms with Crippen LogP contribution >= 0.6 is 0 Å². The van der Waals surface area contributed by atoms with Gasteiger partial charge in [-0.25, -0.2) is 21.8 Å². The van der Waals surface area contributed by atoms with Crippen molar-refractivity contribution in [1.82, 2.24) is 9.29 Å². The number of ether oxygens (including phenoxy) is 1. The summed E-state index contributed by atoms with van der Waals surface area (Å²) in [6.07, 6.45) is 2.82. The molecule has 0 unspecified atom stereocenters. The summed E-state index contributed by atoms with van der Waals surface area (Å²) >= 11 is 0. The van der Waals surface area contributed by atoms with Crippen LogP contribution in [0.1, 0.15) is 0 Å². The fraction of sp³-hybridized carbons (Fsp3) is 0.211. The topological polar surface area (TPSA) is 119 Å². The molecule has 1 aliphatic heterocycles. The summed E-state index contributed by atoms with van der Waals surface area (Å²) in [5.74, 6) is 0.508. The van der Waals surface area contributed by atoms with Gasteiger partial charge >= 0.3 is 0 Å². The van der Waals surface area contributed by atoms with Crippen molar-refractivity contribution in [1.29, 1.82) is 0 Å². The Bertz CT molecular complexity index is 1220. The fourth-order valence-corrected chi connectivity index (χ4v) is 5.49. The highest BCUT2D eigenvalue weighted by atomic mass is 32.2. The van der Waals surface area contributed by atoms with Crippen molar-refractivity contribution in [3.63, 3.8) is 0 Å². The van der Waals surface area contributed by atoms with Gasteiger partial charge in [0.05, 0.1) is 29.2 Å². The van der Waals surface area contributed by atoms with Gasteiger partial charge in [0.15, 0.2) is 12.2 Å². The summed E-state index contributed by atoms with van der Waals surface area (Å²) < 4.78 is 65.1. The highest BCUT2D eigenvalue weighted by molar-refractivity contribution is 7.92. The molecule has 30 heavy (non-hydrogen) atoms. The van der Waals surface area contributed by atoms with Crippen LogP contribution in [0.5, 0.6) is 0 Å². The molecule has 0 saturated carbocycles. The van der Waals surface area contributed by atoms with Gasteiger partial charge in [-0.2, -0.15) is 4.31 Å². The third-order valence-corrected chi connectivity index (χ3v) is 7.88. The Labute approximate surface area is 174 Å². The van der Waals surface area contributed by atoms with Gasteiger partial charge in [-0.15, -0.1) is 0 Å². The average Bonchev–Trinajstić information content (AvgIpc) is 3.29.